The van der Waals surface area contributed by atoms with Crippen molar-refractivity contribution < 1.29 is 0 Å². The summed E-state index contributed by atoms with van der Waals surface area (Å²) in [5, 5.41) is 4.58. The molecule has 2 unspecified atom stereocenters. The molecular weight excluding hydrogens is 242 g/mol. The number of nitrogens with one attached hydrogen (secondary N) is 1. The number of nitrogens with zero attached hydrogens (tertiary/aromatic N) is 2. The highest BCUT2D eigenvalue weighted by Gasteiger charge is 2.37. The fourth-order valence-electron chi connectivity index (χ4n) is 3.04. The number of fused-ring (bicyclic) bond motifs is 3. The van der Waals surface area contributed by atoms with E-state index < -0.39 is 0 Å². The lowest BCUT2D eigenvalue weighted by Gasteiger charge is -2.06. The van der Waals surface area contributed by atoms with Crippen LogP contribution in [0, 0.1) is 5.92 Å². The van der Waals surface area contributed by atoms with Crippen LogP contribution in [0.15, 0.2) is 0 Å². The first kappa shape index (κ1) is 10.7. The molecule has 2 aromatic rings. The Morgan fingerprint density at radius 1 is 1.28 bits per heavy atom. The molecule has 94 valence electrons. The van der Waals surface area contributed by atoms with Gasteiger partial charge in [-0.05, 0) is 37.2 Å². The zero-order valence-electron chi connectivity index (χ0n) is 10.8. The molecule has 0 aliphatic heterocycles. The number of anilines is 1. The summed E-state index contributed by atoms with van der Waals surface area (Å²) in [7, 11) is 1.97. The summed E-state index contributed by atoms with van der Waals surface area (Å²) in [4.78, 5) is 12.3. The van der Waals surface area contributed by atoms with E-state index in [4.69, 9.17) is 9.97 Å². The molecule has 0 aromatic carbocycles. The molecule has 2 aliphatic carbocycles. The SMILES string of the molecule is CNc1nc(C2CC2C)nc2sc3c(c12)CCC3. The molecule has 0 saturated heterocycles. The van der Waals surface area contributed by atoms with Crippen molar-refractivity contribution in [3.05, 3.63) is 16.3 Å². The average Bonchev–Trinajstić information content (AvgIpc) is 2.80. The van der Waals surface area contributed by atoms with Crippen LogP contribution in [0.1, 0.15) is 41.9 Å². The number of hydrogen-bond donors (Lipinski definition) is 1. The molecule has 2 heterocycles. The molecule has 4 heteroatoms. The fraction of sp³-hybridized carbons (Fsp3) is 0.571. The molecule has 18 heavy (non-hydrogen) atoms. The van der Waals surface area contributed by atoms with Gasteiger partial charge in [-0.25, -0.2) is 9.97 Å². The van der Waals surface area contributed by atoms with Crippen LogP contribution < -0.4 is 5.32 Å². The Hall–Kier alpha value is -1.16. The maximum atomic E-state index is 4.83. The second-order valence-corrected chi connectivity index (χ2v) is 6.62. The Morgan fingerprint density at radius 3 is 2.83 bits per heavy atom. The van der Waals surface area contributed by atoms with Gasteiger partial charge in [-0.1, -0.05) is 6.92 Å². The van der Waals surface area contributed by atoms with E-state index in [2.05, 4.69) is 12.2 Å². The van der Waals surface area contributed by atoms with Crippen LogP contribution in [0.25, 0.3) is 10.2 Å². The molecule has 0 amide bonds. The first-order valence-electron chi connectivity index (χ1n) is 6.78. The van der Waals surface area contributed by atoms with Crippen molar-refractivity contribution in [2.45, 2.75) is 38.5 Å². The van der Waals surface area contributed by atoms with Crippen LogP contribution >= 0.6 is 11.3 Å². The summed E-state index contributed by atoms with van der Waals surface area (Å²) in [5.41, 5.74) is 1.51. The summed E-state index contributed by atoms with van der Waals surface area (Å²) in [6.45, 7) is 2.28. The number of thiophene rings is 1. The van der Waals surface area contributed by atoms with Crippen molar-refractivity contribution >= 4 is 27.4 Å². The predicted molar refractivity (Wildman–Crippen MR) is 75.5 cm³/mol. The van der Waals surface area contributed by atoms with Crippen molar-refractivity contribution in [3.63, 3.8) is 0 Å². The lowest BCUT2D eigenvalue weighted by molar-refractivity contribution is 0.853. The summed E-state index contributed by atoms with van der Waals surface area (Å²) in [6.07, 6.45) is 4.97. The highest BCUT2D eigenvalue weighted by atomic mass is 32.1. The largest absolute Gasteiger partial charge is 0.372 e. The van der Waals surface area contributed by atoms with Crippen molar-refractivity contribution in [2.24, 2.45) is 5.92 Å². The van der Waals surface area contributed by atoms with Crippen LogP contribution in [-0.4, -0.2) is 17.0 Å². The molecule has 4 rings (SSSR count). The highest BCUT2D eigenvalue weighted by molar-refractivity contribution is 7.19. The van der Waals surface area contributed by atoms with Gasteiger partial charge in [0.2, 0.25) is 0 Å². The van der Waals surface area contributed by atoms with Gasteiger partial charge in [-0.2, -0.15) is 0 Å². The van der Waals surface area contributed by atoms with Crippen LogP contribution in [0.2, 0.25) is 0 Å². The molecule has 1 N–H and O–H groups in total. The zero-order valence-corrected chi connectivity index (χ0v) is 11.6. The molecule has 0 spiro atoms. The molecule has 0 bridgehead atoms. The maximum Gasteiger partial charge on any atom is 0.138 e. The molecule has 1 fully saturated rings. The third kappa shape index (κ3) is 1.41. The molecule has 3 nitrogen and oxygen atoms in total. The van der Waals surface area contributed by atoms with Gasteiger partial charge in [0.05, 0.1) is 5.39 Å². The van der Waals surface area contributed by atoms with E-state index >= 15 is 0 Å². The van der Waals surface area contributed by atoms with Gasteiger partial charge in [0.1, 0.15) is 16.5 Å². The third-order valence-electron chi connectivity index (χ3n) is 4.26. The van der Waals surface area contributed by atoms with E-state index in [1.807, 2.05) is 18.4 Å². The quantitative estimate of drug-likeness (QED) is 0.898. The molecule has 0 radical (unpaired) electrons. The summed E-state index contributed by atoms with van der Waals surface area (Å²) < 4.78 is 0. The number of aryl methyl sites for hydroxylation is 2. The first-order chi connectivity index (χ1) is 8.78. The van der Waals surface area contributed by atoms with Crippen LogP contribution in [-0.2, 0) is 12.8 Å². The number of aromatic nitrogens is 2. The smallest absolute Gasteiger partial charge is 0.138 e. The topological polar surface area (TPSA) is 37.8 Å². The van der Waals surface area contributed by atoms with Crippen molar-refractivity contribution in [1.82, 2.24) is 9.97 Å². The van der Waals surface area contributed by atoms with Gasteiger partial charge >= 0.3 is 0 Å². The first-order valence-corrected chi connectivity index (χ1v) is 7.59. The average molecular weight is 259 g/mol. The molecule has 2 atom stereocenters. The third-order valence-corrected chi connectivity index (χ3v) is 5.45. The number of rotatable bonds is 2. The Bertz CT molecular complexity index is 631. The van der Waals surface area contributed by atoms with Crippen LogP contribution in [0.3, 0.4) is 0 Å². The fourth-order valence-corrected chi connectivity index (χ4v) is 4.31. The van der Waals surface area contributed by atoms with Crippen LogP contribution in [0.5, 0.6) is 0 Å². The van der Waals surface area contributed by atoms with Crippen molar-refractivity contribution in [3.8, 4) is 0 Å². The Kier molecular flexibility index (Phi) is 2.19. The van der Waals surface area contributed by atoms with E-state index in [0.29, 0.717) is 5.92 Å². The minimum atomic E-state index is 0.596. The lowest BCUT2D eigenvalue weighted by atomic mass is 10.2. The van der Waals surface area contributed by atoms with E-state index in [9.17, 15) is 0 Å². The van der Waals surface area contributed by atoms with Crippen molar-refractivity contribution in [1.29, 1.82) is 0 Å². The van der Waals surface area contributed by atoms with Gasteiger partial charge in [0, 0.05) is 17.8 Å². The lowest BCUT2D eigenvalue weighted by Crippen LogP contribution is -2.00. The molecule has 1 saturated carbocycles. The maximum absolute atomic E-state index is 4.83. The van der Waals surface area contributed by atoms with E-state index in [1.165, 1.54) is 46.3 Å². The van der Waals surface area contributed by atoms with Crippen LogP contribution in [0.4, 0.5) is 5.82 Å². The van der Waals surface area contributed by atoms with E-state index in [0.717, 1.165) is 17.6 Å². The second kappa shape index (κ2) is 3.67. The van der Waals surface area contributed by atoms with Gasteiger partial charge in [0.15, 0.2) is 0 Å². The molecule has 2 aromatic heterocycles. The van der Waals surface area contributed by atoms with Gasteiger partial charge in [-0.15, -0.1) is 11.3 Å². The Labute approximate surface area is 111 Å². The van der Waals surface area contributed by atoms with Crippen molar-refractivity contribution in [2.75, 3.05) is 12.4 Å². The normalized spacial score (nSPS) is 25.4. The summed E-state index contributed by atoms with van der Waals surface area (Å²) >= 11 is 1.89. The molecular formula is C14H17N3S. The van der Waals surface area contributed by atoms with Gasteiger partial charge in [0.25, 0.3) is 0 Å². The van der Waals surface area contributed by atoms with Gasteiger partial charge in [-0.3, -0.25) is 0 Å². The summed E-state index contributed by atoms with van der Waals surface area (Å²) in [6, 6.07) is 0. The highest BCUT2D eigenvalue weighted by Crippen LogP contribution is 2.47. The number of hydrogen-bond acceptors (Lipinski definition) is 4. The second-order valence-electron chi connectivity index (χ2n) is 5.54. The Morgan fingerprint density at radius 2 is 2.11 bits per heavy atom. The standard InChI is InChI=1S/C14H17N3S/c1-7-6-9(7)12-16-13(15-2)11-8-4-3-5-10(8)18-14(11)17-12/h7,9H,3-6H2,1-2H3,(H,15,16,17). The van der Waals surface area contributed by atoms with E-state index in [1.54, 1.807) is 0 Å². The predicted octanol–water partition coefficient (Wildman–Crippen LogP) is 3.35. The van der Waals surface area contributed by atoms with Gasteiger partial charge < -0.3 is 5.32 Å². The minimum Gasteiger partial charge on any atom is -0.372 e. The Balaban J connectivity index is 1.94. The minimum absolute atomic E-state index is 0.596. The van der Waals surface area contributed by atoms with E-state index in [-0.39, 0.29) is 0 Å². The summed E-state index contributed by atoms with van der Waals surface area (Å²) in [5.74, 6) is 3.46. The monoisotopic (exact) mass is 259 g/mol. The zero-order chi connectivity index (χ0) is 12.3. The molecule has 2 aliphatic rings.